The molecule has 45 heavy (non-hydrogen) atoms. The molecule has 9 rings (SSSR count). The van der Waals surface area contributed by atoms with E-state index in [2.05, 4.69) is 152 Å². The van der Waals surface area contributed by atoms with Gasteiger partial charge in [-0.05, 0) is 68.1 Å². The fourth-order valence-corrected chi connectivity index (χ4v) is 7.54. The Morgan fingerprint density at radius 1 is 0.378 bits per heavy atom. The van der Waals surface area contributed by atoms with Gasteiger partial charge < -0.3 is 0 Å². The van der Waals surface area contributed by atoms with Gasteiger partial charge in [-0.3, -0.25) is 0 Å². The average Bonchev–Trinajstić information content (AvgIpc) is 3.50. The summed E-state index contributed by atoms with van der Waals surface area (Å²) in [6.07, 6.45) is 0. The highest BCUT2D eigenvalue weighted by Gasteiger charge is 2.17. The number of aromatic nitrogens is 2. The summed E-state index contributed by atoms with van der Waals surface area (Å²) in [7, 11) is 0. The molecule has 210 valence electrons. The molecule has 0 amide bonds. The van der Waals surface area contributed by atoms with Gasteiger partial charge in [0.25, 0.3) is 0 Å². The van der Waals surface area contributed by atoms with Gasteiger partial charge in [0, 0.05) is 26.6 Å². The van der Waals surface area contributed by atoms with Crippen molar-refractivity contribution in [1.82, 2.24) is 9.97 Å². The Bertz CT molecular complexity index is 2550. The van der Waals surface area contributed by atoms with E-state index < -0.39 is 0 Å². The topological polar surface area (TPSA) is 25.8 Å². The third-order valence-corrected chi connectivity index (χ3v) is 9.75. The van der Waals surface area contributed by atoms with Gasteiger partial charge >= 0.3 is 0 Å². The van der Waals surface area contributed by atoms with E-state index in [0.29, 0.717) is 0 Å². The Morgan fingerprint density at radius 3 is 1.80 bits per heavy atom. The van der Waals surface area contributed by atoms with Crippen molar-refractivity contribution in [3.05, 3.63) is 158 Å². The average molecular weight is 591 g/mol. The highest BCUT2D eigenvalue weighted by atomic mass is 32.1. The van der Waals surface area contributed by atoms with E-state index in [9.17, 15) is 0 Å². The second-order valence-electron chi connectivity index (χ2n) is 11.4. The van der Waals surface area contributed by atoms with E-state index in [4.69, 9.17) is 9.97 Å². The fraction of sp³-hybridized carbons (Fsp3) is 0. The lowest BCUT2D eigenvalue weighted by molar-refractivity contribution is 1.24. The monoisotopic (exact) mass is 590 g/mol. The normalized spacial score (nSPS) is 11.6. The van der Waals surface area contributed by atoms with E-state index in [0.717, 1.165) is 38.4 Å². The van der Waals surface area contributed by atoms with Gasteiger partial charge in [-0.2, -0.15) is 0 Å². The van der Waals surface area contributed by atoms with Crippen LogP contribution in [0.5, 0.6) is 0 Å². The Morgan fingerprint density at radius 2 is 0.978 bits per heavy atom. The first-order valence-corrected chi connectivity index (χ1v) is 16.0. The Labute approximate surface area is 264 Å². The van der Waals surface area contributed by atoms with Crippen LogP contribution in [0.15, 0.2) is 158 Å². The van der Waals surface area contributed by atoms with Gasteiger partial charge in [-0.25, -0.2) is 9.97 Å². The van der Waals surface area contributed by atoms with Crippen molar-refractivity contribution < 1.29 is 0 Å². The molecule has 3 heteroatoms. The van der Waals surface area contributed by atoms with Crippen LogP contribution in [0.2, 0.25) is 0 Å². The van der Waals surface area contributed by atoms with Crippen LogP contribution in [-0.4, -0.2) is 9.97 Å². The van der Waals surface area contributed by atoms with Crippen LogP contribution < -0.4 is 0 Å². The number of benzene rings is 7. The molecule has 2 heterocycles. The van der Waals surface area contributed by atoms with Gasteiger partial charge in [0.2, 0.25) is 0 Å². The Kier molecular flexibility index (Phi) is 6.03. The molecule has 0 aliphatic rings. The van der Waals surface area contributed by atoms with Crippen molar-refractivity contribution in [3.8, 4) is 44.9 Å². The van der Waals surface area contributed by atoms with Crippen molar-refractivity contribution in [2.75, 3.05) is 0 Å². The lowest BCUT2D eigenvalue weighted by Crippen LogP contribution is -1.94. The fourth-order valence-electron chi connectivity index (χ4n) is 6.47. The maximum absolute atomic E-state index is 5.21. The maximum Gasteiger partial charge on any atom is 0.161 e. The Balaban J connectivity index is 1.14. The van der Waals surface area contributed by atoms with Crippen LogP contribution in [0.25, 0.3) is 86.7 Å². The highest BCUT2D eigenvalue weighted by molar-refractivity contribution is 7.25. The summed E-state index contributed by atoms with van der Waals surface area (Å²) in [5.74, 6) is 0.743. The highest BCUT2D eigenvalue weighted by Crippen LogP contribution is 2.40. The lowest BCUT2D eigenvalue weighted by atomic mass is 9.95. The number of nitrogens with zero attached hydrogens (tertiary/aromatic N) is 2. The minimum Gasteiger partial charge on any atom is -0.227 e. The van der Waals surface area contributed by atoms with E-state index in [-0.39, 0.29) is 0 Å². The molecule has 2 nitrogen and oxygen atoms in total. The third-order valence-electron chi connectivity index (χ3n) is 8.68. The zero-order valence-corrected chi connectivity index (χ0v) is 25.1. The van der Waals surface area contributed by atoms with Crippen LogP contribution in [0.1, 0.15) is 0 Å². The largest absolute Gasteiger partial charge is 0.227 e. The molecule has 0 aliphatic heterocycles. The molecule has 0 saturated heterocycles. The van der Waals surface area contributed by atoms with E-state index in [1.165, 1.54) is 48.3 Å². The molecule has 0 aliphatic carbocycles. The molecule has 0 unspecified atom stereocenters. The molecule has 9 aromatic rings. The van der Waals surface area contributed by atoms with Crippen molar-refractivity contribution in [2.45, 2.75) is 0 Å². The smallest absolute Gasteiger partial charge is 0.161 e. The van der Waals surface area contributed by atoms with Gasteiger partial charge in [0.15, 0.2) is 5.82 Å². The second-order valence-corrected chi connectivity index (χ2v) is 12.5. The first-order chi connectivity index (χ1) is 22.3. The summed E-state index contributed by atoms with van der Waals surface area (Å²) in [5.41, 5.74) is 7.80. The molecule has 0 saturated carbocycles. The summed E-state index contributed by atoms with van der Waals surface area (Å²) < 4.78 is 1.23. The van der Waals surface area contributed by atoms with E-state index in [1.54, 1.807) is 11.3 Å². The summed E-state index contributed by atoms with van der Waals surface area (Å²) >= 11 is 1.73. The molecule has 7 aromatic carbocycles. The van der Waals surface area contributed by atoms with Crippen LogP contribution in [-0.2, 0) is 0 Å². The molecule has 2 aromatic heterocycles. The summed E-state index contributed by atoms with van der Waals surface area (Å²) in [5, 5.41) is 7.42. The summed E-state index contributed by atoms with van der Waals surface area (Å²) in [6, 6.07) is 56.2. The number of fused-ring (bicyclic) bond motifs is 6. The lowest BCUT2D eigenvalue weighted by Gasteiger charge is -2.11. The van der Waals surface area contributed by atoms with E-state index >= 15 is 0 Å². The molecule has 0 radical (unpaired) electrons. The Hall–Kier alpha value is -5.64. The van der Waals surface area contributed by atoms with Gasteiger partial charge in [0.1, 0.15) is 4.83 Å². The SMILES string of the molecule is c1ccc(-c2nc(-c3cccc(-c4cccc(-c5ccc6c(ccc7ccccc76)c5)c4)c3)nc3sc4ccccc4c23)cc1. The number of hydrogen-bond acceptors (Lipinski definition) is 3. The maximum atomic E-state index is 5.21. The van der Waals surface area contributed by atoms with Crippen molar-refractivity contribution in [1.29, 1.82) is 0 Å². The number of rotatable bonds is 4. The van der Waals surface area contributed by atoms with Crippen molar-refractivity contribution in [3.63, 3.8) is 0 Å². The van der Waals surface area contributed by atoms with Crippen LogP contribution >= 0.6 is 11.3 Å². The molecule has 0 fully saturated rings. The van der Waals surface area contributed by atoms with Gasteiger partial charge in [-0.15, -0.1) is 11.3 Å². The summed E-state index contributed by atoms with van der Waals surface area (Å²) in [4.78, 5) is 11.3. The molecular weight excluding hydrogens is 565 g/mol. The molecule has 0 spiro atoms. The van der Waals surface area contributed by atoms with Gasteiger partial charge in [0.05, 0.1) is 5.69 Å². The number of thiophene rings is 1. The van der Waals surface area contributed by atoms with E-state index in [1.807, 2.05) is 6.07 Å². The molecule has 0 atom stereocenters. The standard InChI is InChI=1S/C42H26N2S/c1-2-11-28(12-3-1)40-39-37-18-6-7-19-38(37)45-42(39)44-41(43-40)34-16-9-15-31(26-34)29-13-8-14-30(24-29)32-22-23-36-33(25-32)21-20-27-10-4-5-17-35(27)36/h1-26H. The minimum atomic E-state index is 0.743. The third kappa shape index (κ3) is 4.48. The molecule has 0 N–H and O–H groups in total. The first-order valence-electron chi connectivity index (χ1n) is 15.2. The second kappa shape index (κ2) is 10.5. The van der Waals surface area contributed by atoms with Crippen LogP contribution in [0.4, 0.5) is 0 Å². The van der Waals surface area contributed by atoms with Crippen LogP contribution in [0, 0.1) is 0 Å². The predicted octanol–water partition coefficient (Wildman–Crippen LogP) is 11.8. The van der Waals surface area contributed by atoms with Crippen molar-refractivity contribution in [2.24, 2.45) is 0 Å². The van der Waals surface area contributed by atoms with Gasteiger partial charge in [-0.1, -0.05) is 133 Å². The number of hydrogen-bond donors (Lipinski definition) is 0. The summed E-state index contributed by atoms with van der Waals surface area (Å²) in [6.45, 7) is 0. The minimum absolute atomic E-state index is 0.743. The predicted molar refractivity (Wildman–Crippen MR) is 192 cm³/mol. The zero-order chi connectivity index (χ0) is 29.7. The van der Waals surface area contributed by atoms with Crippen LogP contribution in [0.3, 0.4) is 0 Å². The molecular formula is C42H26N2S. The van der Waals surface area contributed by atoms with Crippen molar-refractivity contribution >= 4 is 53.2 Å². The first kappa shape index (κ1) is 25.8. The molecule has 0 bridgehead atoms. The zero-order valence-electron chi connectivity index (χ0n) is 24.3. The quantitative estimate of drug-likeness (QED) is 0.191.